The molecular weight excluding hydrogens is 362 g/mol. The van der Waals surface area contributed by atoms with Gasteiger partial charge in [-0.05, 0) is 31.2 Å². The average molecular weight is 385 g/mol. The number of aryl methyl sites for hydroxylation is 1. The molecular formula is C19H23N5O2S. The quantitative estimate of drug-likeness (QED) is 0.604. The highest BCUT2D eigenvalue weighted by atomic mass is 32.2. The molecule has 2 aromatic heterocycles. The summed E-state index contributed by atoms with van der Waals surface area (Å²) in [7, 11) is 3.93. The summed E-state index contributed by atoms with van der Waals surface area (Å²) >= 11 is 1.36. The maximum Gasteiger partial charge on any atom is 0.234 e. The molecule has 8 heteroatoms. The molecule has 0 aliphatic heterocycles. The fraction of sp³-hybridized carbons (Fsp3) is 0.316. The number of carbonyl (C=O) groups is 1. The van der Waals surface area contributed by atoms with Crippen molar-refractivity contribution in [2.45, 2.75) is 18.5 Å². The van der Waals surface area contributed by atoms with Crippen LogP contribution in [0.1, 0.15) is 18.4 Å². The van der Waals surface area contributed by atoms with Crippen LogP contribution in [0.3, 0.4) is 0 Å². The van der Waals surface area contributed by atoms with Crippen LogP contribution in [0.25, 0.3) is 0 Å². The van der Waals surface area contributed by atoms with Gasteiger partial charge < -0.3 is 19.2 Å². The first-order valence-corrected chi connectivity index (χ1v) is 9.70. The summed E-state index contributed by atoms with van der Waals surface area (Å²) in [5, 5.41) is 12.1. The minimum absolute atomic E-state index is 0.112. The number of hydrogen-bond donors (Lipinski definition) is 1. The van der Waals surface area contributed by atoms with Crippen molar-refractivity contribution >= 4 is 23.4 Å². The molecule has 3 rings (SSSR count). The Morgan fingerprint density at radius 3 is 2.74 bits per heavy atom. The average Bonchev–Trinajstić information content (AvgIpc) is 3.22. The third kappa shape index (κ3) is 4.71. The Hall–Kier alpha value is -2.74. The lowest BCUT2D eigenvalue weighted by Crippen LogP contribution is -2.15. The largest absolute Gasteiger partial charge is 0.492 e. The van der Waals surface area contributed by atoms with E-state index >= 15 is 0 Å². The predicted octanol–water partition coefficient (Wildman–Crippen LogP) is 2.87. The van der Waals surface area contributed by atoms with E-state index in [2.05, 4.69) is 26.1 Å². The van der Waals surface area contributed by atoms with E-state index < -0.39 is 0 Å². The summed E-state index contributed by atoms with van der Waals surface area (Å²) in [4.78, 5) is 12.3. The molecule has 1 amide bonds. The second kappa shape index (κ2) is 8.77. The highest BCUT2D eigenvalue weighted by Crippen LogP contribution is 2.24. The minimum atomic E-state index is -0.112. The van der Waals surface area contributed by atoms with Crippen molar-refractivity contribution in [3.05, 3.63) is 54.1 Å². The molecule has 0 fully saturated rings. The number of nitrogens with one attached hydrogen (secondary N) is 1. The van der Waals surface area contributed by atoms with Gasteiger partial charge in [-0.2, -0.15) is 0 Å². The molecule has 27 heavy (non-hydrogen) atoms. The number of rotatable bonds is 8. The number of amides is 1. The molecule has 0 bridgehead atoms. The molecule has 0 saturated heterocycles. The van der Waals surface area contributed by atoms with Gasteiger partial charge in [-0.1, -0.05) is 23.9 Å². The van der Waals surface area contributed by atoms with Crippen LogP contribution in [0.5, 0.6) is 5.75 Å². The number of aromatic nitrogens is 4. The first-order valence-electron chi connectivity index (χ1n) is 8.71. The van der Waals surface area contributed by atoms with Crippen molar-refractivity contribution in [2.24, 2.45) is 14.1 Å². The van der Waals surface area contributed by atoms with Crippen molar-refractivity contribution in [3.63, 3.8) is 0 Å². The van der Waals surface area contributed by atoms with E-state index in [1.54, 1.807) is 0 Å². The maximum absolute atomic E-state index is 12.3. The van der Waals surface area contributed by atoms with Crippen molar-refractivity contribution in [2.75, 3.05) is 17.7 Å². The topological polar surface area (TPSA) is 74.0 Å². The second-order valence-electron chi connectivity index (χ2n) is 6.01. The number of hydrogen-bond acceptors (Lipinski definition) is 5. The summed E-state index contributed by atoms with van der Waals surface area (Å²) in [6, 6.07) is 11.5. The van der Waals surface area contributed by atoms with Gasteiger partial charge in [0.05, 0.1) is 18.0 Å². The number of para-hydroxylation sites is 2. The first kappa shape index (κ1) is 19.0. The third-order valence-electron chi connectivity index (χ3n) is 4.11. The zero-order valence-corrected chi connectivity index (χ0v) is 16.5. The van der Waals surface area contributed by atoms with Gasteiger partial charge >= 0.3 is 0 Å². The Morgan fingerprint density at radius 1 is 1.19 bits per heavy atom. The van der Waals surface area contributed by atoms with Crippen LogP contribution in [-0.4, -0.2) is 37.6 Å². The summed E-state index contributed by atoms with van der Waals surface area (Å²) in [5.41, 5.74) is 1.83. The van der Waals surface area contributed by atoms with Gasteiger partial charge in [-0.25, -0.2) is 0 Å². The van der Waals surface area contributed by atoms with E-state index in [0.717, 1.165) is 11.5 Å². The molecule has 0 unspecified atom stereocenters. The van der Waals surface area contributed by atoms with Gasteiger partial charge in [0.1, 0.15) is 11.6 Å². The molecule has 0 saturated carbocycles. The monoisotopic (exact) mass is 385 g/mol. The lowest BCUT2D eigenvalue weighted by Gasteiger charge is -2.11. The standard InChI is InChI=1S/C19H23N5O2S/c1-4-26-16-10-6-5-9-15(16)20-18(25)13-27-19-22-21-17(24(19)3)12-14-8-7-11-23(14)2/h5-11H,4,12-13H2,1-3H3,(H,20,25). The molecule has 1 aromatic carbocycles. The number of nitrogens with zero attached hydrogens (tertiary/aromatic N) is 4. The lowest BCUT2D eigenvalue weighted by molar-refractivity contribution is -0.113. The fourth-order valence-electron chi connectivity index (χ4n) is 2.63. The second-order valence-corrected chi connectivity index (χ2v) is 6.95. The van der Waals surface area contributed by atoms with Crippen molar-refractivity contribution in [1.82, 2.24) is 19.3 Å². The van der Waals surface area contributed by atoms with Gasteiger partial charge in [0.15, 0.2) is 5.16 Å². The predicted molar refractivity (Wildman–Crippen MR) is 106 cm³/mol. The Balaban J connectivity index is 1.59. The molecule has 3 aromatic rings. The van der Waals surface area contributed by atoms with Crippen LogP contribution < -0.4 is 10.1 Å². The molecule has 1 N–H and O–H groups in total. The molecule has 7 nitrogen and oxygen atoms in total. The SMILES string of the molecule is CCOc1ccccc1NC(=O)CSc1nnc(Cc2cccn2C)n1C. The van der Waals surface area contributed by atoms with E-state index in [4.69, 9.17) is 4.74 Å². The molecule has 0 aliphatic carbocycles. The maximum atomic E-state index is 12.3. The molecule has 0 spiro atoms. The van der Waals surface area contributed by atoms with Crippen LogP contribution in [0.15, 0.2) is 47.8 Å². The lowest BCUT2D eigenvalue weighted by atomic mass is 10.3. The summed E-state index contributed by atoms with van der Waals surface area (Å²) < 4.78 is 9.52. The zero-order chi connectivity index (χ0) is 19.2. The number of thioether (sulfide) groups is 1. The highest BCUT2D eigenvalue weighted by Gasteiger charge is 2.14. The number of ether oxygens (including phenoxy) is 1. The first-order chi connectivity index (χ1) is 13.1. The van der Waals surface area contributed by atoms with Gasteiger partial charge in [0.2, 0.25) is 5.91 Å². The molecule has 142 valence electrons. The van der Waals surface area contributed by atoms with Crippen LogP contribution in [0.4, 0.5) is 5.69 Å². The van der Waals surface area contributed by atoms with E-state index in [1.807, 2.05) is 62.1 Å². The van der Waals surface area contributed by atoms with Gasteiger partial charge in [-0.15, -0.1) is 10.2 Å². The van der Waals surface area contributed by atoms with Crippen LogP contribution >= 0.6 is 11.8 Å². The molecule has 0 aliphatic rings. The molecule has 2 heterocycles. The van der Waals surface area contributed by atoms with Crippen molar-refractivity contribution in [1.29, 1.82) is 0 Å². The number of benzene rings is 1. The number of carbonyl (C=O) groups excluding carboxylic acids is 1. The van der Waals surface area contributed by atoms with Gasteiger partial charge in [0, 0.05) is 32.4 Å². The van der Waals surface area contributed by atoms with Crippen LogP contribution in [0.2, 0.25) is 0 Å². The molecule has 0 atom stereocenters. The van der Waals surface area contributed by atoms with E-state index in [9.17, 15) is 4.79 Å². The van der Waals surface area contributed by atoms with Crippen molar-refractivity contribution < 1.29 is 9.53 Å². The summed E-state index contributed by atoms with van der Waals surface area (Å²) in [6.45, 7) is 2.46. The van der Waals surface area contributed by atoms with E-state index in [1.165, 1.54) is 11.8 Å². The van der Waals surface area contributed by atoms with Gasteiger partial charge in [0.25, 0.3) is 0 Å². The van der Waals surface area contributed by atoms with Crippen LogP contribution in [0, 0.1) is 0 Å². The Labute approximate surface area is 162 Å². The Morgan fingerprint density at radius 2 is 2.00 bits per heavy atom. The van der Waals surface area contributed by atoms with E-state index in [0.29, 0.717) is 29.6 Å². The zero-order valence-electron chi connectivity index (χ0n) is 15.7. The Bertz CT molecular complexity index is 918. The third-order valence-corrected chi connectivity index (χ3v) is 5.13. The van der Waals surface area contributed by atoms with Gasteiger partial charge in [-0.3, -0.25) is 4.79 Å². The highest BCUT2D eigenvalue weighted by molar-refractivity contribution is 7.99. The molecule has 0 radical (unpaired) electrons. The normalized spacial score (nSPS) is 10.8. The minimum Gasteiger partial charge on any atom is -0.492 e. The smallest absolute Gasteiger partial charge is 0.234 e. The van der Waals surface area contributed by atoms with Crippen molar-refractivity contribution in [3.8, 4) is 5.75 Å². The summed E-state index contributed by atoms with van der Waals surface area (Å²) in [5.74, 6) is 1.67. The van der Waals surface area contributed by atoms with E-state index in [-0.39, 0.29) is 11.7 Å². The Kier molecular flexibility index (Phi) is 6.18. The number of anilines is 1. The van der Waals surface area contributed by atoms with Crippen LogP contribution in [-0.2, 0) is 25.3 Å². The fourth-order valence-corrected chi connectivity index (χ4v) is 3.36. The summed E-state index contributed by atoms with van der Waals surface area (Å²) in [6.07, 6.45) is 2.70.